The maximum Gasteiger partial charge on any atom is 0.343 e. The van der Waals surface area contributed by atoms with Gasteiger partial charge in [-0.05, 0) is 62.4 Å². The number of nitrogens with zero attached hydrogens (tertiary/aromatic N) is 1. The van der Waals surface area contributed by atoms with Gasteiger partial charge >= 0.3 is 5.97 Å². The largest absolute Gasteiger partial charge is 0.454 e. The summed E-state index contributed by atoms with van der Waals surface area (Å²) < 4.78 is 18.1. The van der Waals surface area contributed by atoms with Crippen LogP contribution >= 0.6 is 0 Å². The molecule has 0 saturated carbocycles. The number of esters is 1. The van der Waals surface area contributed by atoms with E-state index in [1.807, 2.05) is 12.1 Å². The number of aromatic nitrogens is 1. The lowest BCUT2D eigenvalue weighted by atomic mass is 10.2. The van der Waals surface area contributed by atoms with Crippen molar-refractivity contribution in [2.24, 2.45) is 0 Å². The van der Waals surface area contributed by atoms with Gasteiger partial charge < -0.3 is 18.8 Å². The molecule has 1 aliphatic heterocycles. The monoisotopic (exact) mass is 335 g/mol. The topological polar surface area (TPSA) is 49.7 Å². The molecule has 0 bridgehead atoms. The average molecular weight is 335 g/mol. The van der Waals surface area contributed by atoms with Crippen LogP contribution in [0.5, 0.6) is 17.2 Å². The average Bonchev–Trinajstić information content (AvgIpc) is 3.21. The summed E-state index contributed by atoms with van der Waals surface area (Å²) in [6.07, 6.45) is 0. The van der Waals surface area contributed by atoms with E-state index in [1.165, 1.54) is 0 Å². The van der Waals surface area contributed by atoms with Crippen LogP contribution in [0.4, 0.5) is 0 Å². The molecule has 0 radical (unpaired) electrons. The molecule has 5 heteroatoms. The van der Waals surface area contributed by atoms with Crippen molar-refractivity contribution in [2.45, 2.75) is 13.8 Å². The highest BCUT2D eigenvalue weighted by atomic mass is 16.7. The molecular weight excluding hydrogens is 318 g/mol. The number of carbonyl (C=O) groups excluding carboxylic acids is 1. The highest BCUT2D eigenvalue weighted by molar-refractivity contribution is 5.91. The summed E-state index contributed by atoms with van der Waals surface area (Å²) >= 11 is 0. The maximum atomic E-state index is 12.3. The van der Waals surface area contributed by atoms with Gasteiger partial charge in [0.05, 0.1) is 5.56 Å². The summed E-state index contributed by atoms with van der Waals surface area (Å²) in [7, 11) is 0. The van der Waals surface area contributed by atoms with Gasteiger partial charge in [-0.2, -0.15) is 0 Å². The van der Waals surface area contributed by atoms with Crippen LogP contribution < -0.4 is 14.2 Å². The summed E-state index contributed by atoms with van der Waals surface area (Å²) in [4.78, 5) is 12.3. The van der Waals surface area contributed by atoms with Crippen molar-refractivity contribution in [3.05, 3.63) is 71.5 Å². The molecule has 25 heavy (non-hydrogen) atoms. The predicted molar refractivity (Wildman–Crippen MR) is 92.8 cm³/mol. The Morgan fingerprint density at radius 3 is 2.32 bits per heavy atom. The zero-order valence-corrected chi connectivity index (χ0v) is 14.0. The summed E-state index contributed by atoms with van der Waals surface area (Å²) in [6, 6.07) is 16.6. The van der Waals surface area contributed by atoms with Crippen LogP contribution in [0.3, 0.4) is 0 Å². The third kappa shape index (κ3) is 2.85. The number of carbonyl (C=O) groups is 1. The predicted octanol–water partition coefficient (Wildman–Crippen LogP) is 4.04. The Morgan fingerprint density at radius 2 is 1.60 bits per heavy atom. The normalized spacial score (nSPS) is 12.2. The molecular formula is C20H17NO4. The lowest BCUT2D eigenvalue weighted by Crippen LogP contribution is -2.09. The minimum Gasteiger partial charge on any atom is -0.454 e. The molecule has 0 aliphatic carbocycles. The van der Waals surface area contributed by atoms with Crippen LogP contribution in [-0.4, -0.2) is 17.3 Å². The summed E-state index contributed by atoms with van der Waals surface area (Å²) in [6.45, 7) is 4.29. The molecule has 0 saturated heterocycles. The van der Waals surface area contributed by atoms with Crippen molar-refractivity contribution in [2.75, 3.05) is 6.79 Å². The van der Waals surface area contributed by atoms with E-state index >= 15 is 0 Å². The summed E-state index contributed by atoms with van der Waals surface area (Å²) in [5.74, 6) is 1.25. The fourth-order valence-electron chi connectivity index (χ4n) is 2.93. The third-order valence-corrected chi connectivity index (χ3v) is 4.19. The number of fused-ring (bicyclic) bond motifs is 1. The molecule has 0 spiro atoms. The molecule has 126 valence electrons. The highest BCUT2D eigenvalue weighted by Gasteiger charge is 2.16. The molecule has 1 aliphatic rings. The second kappa shape index (κ2) is 6.02. The van der Waals surface area contributed by atoms with E-state index < -0.39 is 5.97 Å². The Bertz CT molecular complexity index is 921. The Balaban J connectivity index is 1.53. The van der Waals surface area contributed by atoms with Gasteiger partial charge in [-0.3, -0.25) is 0 Å². The molecule has 0 N–H and O–H groups in total. The van der Waals surface area contributed by atoms with Gasteiger partial charge in [0.25, 0.3) is 0 Å². The van der Waals surface area contributed by atoms with Crippen molar-refractivity contribution in [3.8, 4) is 22.9 Å². The molecule has 0 atom stereocenters. The number of hydrogen-bond acceptors (Lipinski definition) is 4. The Morgan fingerprint density at radius 1 is 0.920 bits per heavy atom. The van der Waals surface area contributed by atoms with E-state index in [0.717, 1.165) is 17.1 Å². The van der Waals surface area contributed by atoms with Crippen LogP contribution in [0.15, 0.2) is 54.6 Å². The van der Waals surface area contributed by atoms with Crippen LogP contribution in [0, 0.1) is 13.8 Å². The van der Waals surface area contributed by atoms with Crippen molar-refractivity contribution < 1.29 is 19.0 Å². The third-order valence-electron chi connectivity index (χ3n) is 4.19. The Hall–Kier alpha value is -3.21. The highest BCUT2D eigenvalue weighted by Crippen LogP contribution is 2.35. The first-order valence-electron chi connectivity index (χ1n) is 7.99. The summed E-state index contributed by atoms with van der Waals surface area (Å²) in [5.41, 5.74) is 3.80. The van der Waals surface area contributed by atoms with Gasteiger partial charge in [-0.1, -0.05) is 0 Å². The molecule has 4 rings (SSSR count). The van der Waals surface area contributed by atoms with Crippen molar-refractivity contribution in [1.29, 1.82) is 0 Å². The smallest absolute Gasteiger partial charge is 0.343 e. The second-order valence-electron chi connectivity index (χ2n) is 5.90. The molecule has 2 aromatic carbocycles. The van der Waals surface area contributed by atoms with E-state index in [2.05, 4.69) is 30.5 Å². The quantitative estimate of drug-likeness (QED) is 0.535. The minimum absolute atomic E-state index is 0.187. The van der Waals surface area contributed by atoms with Crippen molar-refractivity contribution in [1.82, 2.24) is 4.57 Å². The number of hydrogen-bond donors (Lipinski definition) is 0. The van der Waals surface area contributed by atoms with E-state index in [-0.39, 0.29) is 6.79 Å². The first-order valence-corrected chi connectivity index (χ1v) is 7.99. The van der Waals surface area contributed by atoms with Gasteiger partial charge in [-0.15, -0.1) is 0 Å². The van der Waals surface area contributed by atoms with E-state index in [4.69, 9.17) is 14.2 Å². The summed E-state index contributed by atoms with van der Waals surface area (Å²) in [5, 5.41) is 0. The van der Waals surface area contributed by atoms with Crippen LogP contribution in [0.1, 0.15) is 21.7 Å². The lowest BCUT2D eigenvalue weighted by Gasteiger charge is -2.10. The van der Waals surface area contributed by atoms with Crippen molar-refractivity contribution >= 4 is 5.97 Å². The number of rotatable bonds is 3. The fourth-order valence-corrected chi connectivity index (χ4v) is 2.93. The SMILES string of the molecule is Cc1ccc(C)n1-c1ccc(C(=O)Oc2ccc3c(c2)OCO3)cc1. The van der Waals surface area contributed by atoms with Crippen molar-refractivity contribution in [3.63, 3.8) is 0 Å². The standard InChI is InChI=1S/C20H17NO4/c1-13-3-4-14(2)21(13)16-7-5-15(6-8-16)20(22)25-17-9-10-18-19(11-17)24-12-23-18/h3-11H,12H2,1-2H3. The van der Waals surface area contributed by atoms with Gasteiger partial charge in [0.1, 0.15) is 5.75 Å². The van der Waals surface area contributed by atoms with Crippen LogP contribution in [0.25, 0.3) is 5.69 Å². The molecule has 2 heterocycles. The molecule has 3 aromatic rings. The minimum atomic E-state index is -0.411. The van der Waals surface area contributed by atoms with Gasteiger partial charge in [0.15, 0.2) is 11.5 Å². The van der Waals surface area contributed by atoms with Gasteiger partial charge in [-0.25, -0.2) is 4.79 Å². The molecule has 0 unspecified atom stereocenters. The zero-order valence-electron chi connectivity index (χ0n) is 14.0. The van der Waals surface area contributed by atoms with E-state index in [9.17, 15) is 4.79 Å². The van der Waals surface area contributed by atoms with Gasteiger partial charge in [0, 0.05) is 23.1 Å². The Labute approximate surface area is 145 Å². The molecule has 1 aromatic heterocycles. The molecule has 0 fully saturated rings. The van der Waals surface area contributed by atoms with E-state index in [0.29, 0.717) is 22.8 Å². The van der Waals surface area contributed by atoms with Crippen LogP contribution in [0.2, 0.25) is 0 Å². The first-order chi connectivity index (χ1) is 12.1. The zero-order chi connectivity index (χ0) is 17.4. The Kier molecular flexibility index (Phi) is 3.69. The second-order valence-corrected chi connectivity index (χ2v) is 5.90. The lowest BCUT2D eigenvalue weighted by molar-refractivity contribution is 0.0734. The van der Waals surface area contributed by atoms with Crippen LogP contribution in [-0.2, 0) is 0 Å². The number of benzene rings is 2. The molecule has 0 amide bonds. The first kappa shape index (κ1) is 15.3. The van der Waals surface area contributed by atoms with E-state index in [1.54, 1.807) is 30.3 Å². The number of aryl methyl sites for hydroxylation is 2. The molecule has 5 nitrogen and oxygen atoms in total. The fraction of sp³-hybridized carbons (Fsp3) is 0.150. The number of ether oxygens (including phenoxy) is 3. The van der Waals surface area contributed by atoms with Gasteiger partial charge in [0.2, 0.25) is 6.79 Å². The maximum absolute atomic E-state index is 12.3.